The molecule has 0 aliphatic heterocycles. The molecule has 0 bridgehead atoms. The maximum atomic E-state index is 11.8. The van der Waals surface area contributed by atoms with Crippen LogP contribution in [0.25, 0.3) is 0 Å². The Morgan fingerprint density at radius 2 is 2.00 bits per heavy atom. The number of nitrogens with one attached hydrogen (secondary N) is 2. The molecule has 1 heterocycles. The third kappa shape index (κ3) is 4.54. The highest BCUT2D eigenvalue weighted by atomic mass is 16.3. The van der Waals surface area contributed by atoms with Gasteiger partial charge in [-0.2, -0.15) is 10.4 Å². The van der Waals surface area contributed by atoms with Gasteiger partial charge in [0.05, 0.1) is 18.0 Å². The standard InChI is InChI=1S/C16H14N4O3/c1-11(19-20-15(21)8-9-17)12-4-6-13(7-5-12)18-16(22)14-3-2-10-23-14/h2-7,10H,8H2,1H3,(H,18,22)(H,20,21). The van der Waals surface area contributed by atoms with Gasteiger partial charge in [0, 0.05) is 5.69 Å². The van der Waals surface area contributed by atoms with E-state index in [0.29, 0.717) is 11.4 Å². The van der Waals surface area contributed by atoms with Crippen molar-refractivity contribution < 1.29 is 14.0 Å². The van der Waals surface area contributed by atoms with Crippen molar-refractivity contribution in [1.29, 1.82) is 5.26 Å². The zero-order valence-corrected chi connectivity index (χ0v) is 12.4. The first-order valence-electron chi connectivity index (χ1n) is 6.75. The summed E-state index contributed by atoms with van der Waals surface area (Å²) in [6, 6.07) is 11.9. The molecule has 116 valence electrons. The summed E-state index contributed by atoms with van der Waals surface area (Å²) in [5, 5.41) is 15.0. The molecule has 1 aromatic heterocycles. The summed E-state index contributed by atoms with van der Waals surface area (Å²) in [4.78, 5) is 23.0. The Kier molecular flexibility index (Phi) is 5.25. The normalized spacial score (nSPS) is 10.7. The molecule has 7 nitrogen and oxygen atoms in total. The lowest BCUT2D eigenvalue weighted by Crippen LogP contribution is -2.18. The highest BCUT2D eigenvalue weighted by Crippen LogP contribution is 2.12. The molecule has 2 amide bonds. The zero-order chi connectivity index (χ0) is 16.7. The summed E-state index contributed by atoms with van der Waals surface area (Å²) in [6.45, 7) is 1.73. The predicted molar refractivity (Wildman–Crippen MR) is 83.7 cm³/mol. The van der Waals surface area contributed by atoms with E-state index in [1.807, 2.05) is 0 Å². The summed E-state index contributed by atoms with van der Waals surface area (Å²) >= 11 is 0. The summed E-state index contributed by atoms with van der Waals surface area (Å²) in [5.41, 5.74) is 4.26. The first kappa shape index (κ1) is 16.0. The van der Waals surface area contributed by atoms with Gasteiger partial charge >= 0.3 is 0 Å². The lowest BCUT2D eigenvalue weighted by molar-refractivity contribution is -0.120. The van der Waals surface area contributed by atoms with Crippen molar-refractivity contribution in [2.24, 2.45) is 5.10 Å². The fourth-order valence-electron chi connectivity index (χ4n) is 1.72. The highest BCUT2D eigenvalue weighted by Gasteiger charge is 2.08. The monoisotopic (exact) mass is 310 g/mol. The van der Waals surface area contributed by atoms with E-state index in [4.69, 9.17) is 9.68 Å². The minimum atomic E-state index is -0.464. The predicted octanol–water partition coefficient (Wildman–Crippen LogP) is 2.29. The number of amides is 2. The van der Waals surface area contributed by atoms with Crippen molar-refractivity contribution >= 4 is 23.2 Å². The van der Waals surface area contributed by atoms with Crippen molar-refractivity contribution in [2.45, 2.75) is 13.3 Å². The summed E-state index contributed by atoms with van der Waals surface area (Å²) in [7, 11) is 0. The molecule has 0 unspecified atom stereocenters. The Hall–Kier alpha value is -3.40. The van der Waals surface area contributed by atoms with E-state index in [1.54, 1.807) is 49.4 Å². The van der Waals surface area contributed by atoms with E-state index >= 15 is 0 Å². The van der Waals surface area contributed by atoms with Gasteiger partial charge in [-0.3, -0.25) is 9.59 Å². The first-order chi connectivity index (χ1) is 11.1. The molecule has 1 aromatic carbocycles. The molecular weight excluding hydrogens is 296 g/mol. The van der Waals surface area contributed by atoms with E-state index in [9.17, 15) is 9.59 Å². The Bertz CT molecular complexity index is 756. The molecule has 0 fully saturated rings. The number of carbonyl (C=O) groups is 2. The molecule has 0 spiro atoms. The van der Waals surface area contributed by atoms with Crippen LogP contribution in [0, 0.1) is 11.3 Å². The zero-order valence-electron chi connectivity index (χ0n) is 12.4. The van der Waals surface area contributed by atoms with Crippen LogP contribution in [0.1, 0.15) is 29.5 Å². The number of benzene rings is 1. The Balaban J connectivity index is 1.99. The third-order valence-electron chi connectivity index (χ3n) is 2.89. The van der Waals surface area contributed by atoms with Gasteiger partial charge in [0.2, 0.25) is 0 Å². The number of anilines is 1. The quantitative estimate of drug-likeness (QED) is 0.652. The molecule has 0 aliphatic rings. The number of nitriles is 1. The molecule has 0 saturated heterocycles. The van der Waals surface area contributed by atoms with Crippen LogP contribution < -0.4 is 10.7 Å². The van der Waals surface area contributed by atoms with Gasteiger partial charge in [-0.15, -0.1) is 0 Å². The fraction of sp³-hybridized carbons (Fsp3) is 0.125. The van der Waals surface area contributed by atoms with Gasteiger partial charge < -0.3 is 9.73 Å². The van der Waals surface area contributed by atoms with Crippen LogP contribution in [-0.4, -0.2) is 17.5 Å². The number of hydrogen-bond donors (Lipinski definition) is 2. The molecule has 2 N–H and O–H groups in total. The van der Waals surface area contributed by atoms with E-state index in [-0.39, 0.29) is 18.1 Å². The number of hydrazone groups is 1. The minimum absolute atomic E-state index is 0.229. The van der Waals surface area contributed by atoms with Crippen LogP contribution in [0.4, 0.5) is 5.69 Å². The van der Waals surface area contributed by atoms with Crippen molar-refractivity contribution in [3.63, 3.8) is 0 Å². The van der Waals surface area contributed by atoms with E-state index in [2.05, 4.69) is 15.8 Å². The Morgan fingerprint density at radius 1 is 1.26 bits per heavy atom. The van der Waals surface area contributed by atoms with Crippen LogP contribution in [-0.2, 0) is 4.79 Å². The van der Waals surface area contributed by atoms with E-state index in [1.165, 1.54) is 6.26 Å². The Morgan fingerprint density at radius 3 is 2.61 bits per heavy atom. The first-order valence-corrected chi connectivity index (χ1v) is 6.75. The van der Waals surface area contributed by atoms with E-state index < -0.39 is 5.91 Å². The average molecular weight is 310 g/mol. The molecule has 2 aromatic rings. The highest BCUT2D eigenvalue weighted by molar-refractivity contribution is 6.03. The van der Waals surface area contributed by atoms with Gasteiger partial charge in [0.15, 0.2) is 5.76 Å². The molecule has 7 heteroatoms. The van der Waals surface area contributed by atoms with Crippen molar-refractivity contribution in [1.82, 2.24) is 5.43 Å². The van der Waals surface area contributed by atoms with Crippen LogP contribution >= 0.6 is 0 Å². The SMILES string of the molecule is CC(=NNC(=O)CC#N)c1ccc(NC(=O)c2ccco2)cc1. The number of carbonyl (C=O) groups excluding carboxylic acids is 2. The summed E-state index contributed by atoms with van der Waals surface area (Å²) in [6.07, 6.45) is 1.19. The van der Waals surface area contributed by atoms with Crippen LogP contribution in [0.15, 0.2) is 52.2 Å². The van der Waals surface area contributed by atoms with Gasteiger partial charge in [-0.25, -0.2) is 5.43 Å². The number of nitrogens with zero attached hydrogens (tertiary/aromatic N) is 2. The summed E-state index contributed by atoms with van der Waals surface area (Å²) in [5.74, 6) is -0.571. The minimum Gasteiger partial charge on any atom is -0.459 e. The molecule has 0 aliphatic carbocycles. The van der Waals surface area contributed by atoms with Gasteiger partial charge in [0.1, 0.15) is 6.42 Å². The van der Waals surface area contributed by atoms with Crippen molar-refractivity contribution in [3.05, 3.63) is 54.0 Å². The average Bonchev–Trinajstić information content (AvgIpc) is 3.08. The van der Waals surface area contributed by atoms with E-state index in [0.717, 1.165) is 5.56 Å². The molecule has 0 atom stereocenters. The topological polar surface area (TPSA) is 107 Å². The number of furan rings is 1. The molecule has 23 heavy (non-hydrogen) atoms. The van der Waals surface area contributed by atoms with Gasteiger partial charge in [-0.1, -0.05) is 12.1 Å². The van der Waals surface area contributed by atoms with Crippen molar-refractivity contribution in [3.8, 4) is 6.07 Å². The smallest absolute Gasteiger partial charge is 0.291 e. The largest absolute Gasteiger partial charge is 0.459 e. The fourth-order valence-corrected chi connectivity index (χ4v) is 1.72. The maximum Gasteiger partial charge on any atom is 0.291 e. The molecule has 0 saturated carbocycles. The molecule has 2 rings (SSSR count). The molecular formula is C16H14N4O3. The molecule has 0 radical (unpaired) electrons. The number of rotatable bonds is 5. The van der Waals surface area contributed by atoms with Gasteiger partial charge in [-0.05, 0) is 36.8 Å². The van der Waals surface area contributed by atoms with Crippen LogP contribution in [0.3, 0.4) is 0 Å². The van der Waals surface area contributed by atoms with Crippen molar-refractivity contribution in [2.75, 3.05) is 5.32 Å². The Labute approximate surface area is 132 Å². The van der Waals surface area contributed by atoms with Gasteiger partial charge in [0.25, 0.3) is 11.8 Å². The second kappa shape index (κ2) is 7.56. The van der Waals surface area contributed by atoms with Crippen LogP contribution in [0.2, 0.25) is 0 Å². The lowest BCUT2D eigenvalue weighted by atomic mass is 10.1. The van der Waals surface area contributed by atoms with Crippen LogP contribution in [0.5, 0.6) is 0 Å². The number of hydrogen-bond acceptors (Lipinski definition) is 5. The second-order valence-corrected chi connectivity index (χ2v) is 4.58. The lowest BCUT2D eigenvalue weighted by Gasteiger charge is -2.05. The second-order valence-electron chi connectivity index (χ2n) is 4.58. The maximum absolute atomic E-state index is 11.8. The third-order valence-corrected chi connectivity index (χ3v) is 2.89. The summed E-state index contributed by atoms with van der Waals surface area (Å²) < 4.78 is 5.01.